The van der Waals surface area contributed by atoms with Crippen LogP contribution in [0.25, 0.3) is 0 Å². The first-order valence-corrected chi connectivity index (χ1v) is 6.34. The minimum absolute atomic E-state index is 0.0968. The van der Waals surface area contributed by atoms with Crippen molar-refractivity contribution in [1.82, 2.24) is 4.98 Å². The van der Waals surface area contributed by atoms with Crippen LogP contribution in [0.15, 0.2) is 18.2 Å². The number of carbonyl (C=O) groups is 1. The third-order valence-corrected chi connectivity index (χ3v) is 3.57. The van der Waals surface area contributed by atoms with Gasteiger partial charge in [0.15, 0.2) is 11.3 Å². The average Bonchev–Trinajstić information content (AvgIpc) is 2.67. The quantitative estimate of drug-likeness (QED) is 0.686. The molecule has 8 heteroatoms. The Hall–Kier alpha value is -2.48. The number of thiazole rings is 1. The van der Waals surface area contributed by atoms with E-state index in [1.807, 2.05) is 6.92 Å². The van der Waals surface area contributed by atoms with Crippen LogP contribution in [0.4, 0.5) is 5.69 Å². The van der Waals surface area contributed by atoms with Gasteiger partial charge in [-0.15, -0.1) is 0 Å². The summed E-state index contributed by atoms with van der Waals surface area (Å²) >= 11 is 1.25. The second-order valence-electron chi connectivity index (χ2n) is 3.94. The van der Waals surface area contributed by atoms with Gasteiger partial charge in [-0.3, -0.25) is 10.1 Å². The van der Waals surface area contributed by atoms with Gasteiger partial charge in [-0.1, -0.05) is 17.4 Å². The average molecular weight is 294 g/mol. The van der Waals surface area contributed by atoms with E-state index < -0.39 is 22.1 Å². The van der Waals surface area contributed by atoms with Crippen molar-refractivity contribution in [2.75, 3.05) is 0 Å². The van der Waals surface area contributed by atoms with Crippen molar-refractivity contribution < 1.29 is 19.6 Å². The SMILES string of the molecule is Cc1nc(Oc2cccc([N+](=O)[O-])c2C(=O)O)sc1C. The molecule has 1 N–H and O–H groups in total. The van der Waals surface area contributed by atoms with Crippen molar-refractivity contribution in [1.29, 1.82) is 0 Å². The van der Waals surface area contributed by atoms with Gasteiger partial charge < -0.3 is 9.84 Å². The molecule has 1 heterocycles. The molecule has 0 saturated carbocycles. The molecule has 0 spiro atoms. The number of benzene rings is 1. The summed E-state index contributed by atoms with van der Waals surface area (Å²) in [5.41, 5.74) is -0.227. The summed E-state index contributed by atoms with van der Waals surface area (Å²) in [6, 6.07) is 3.85. The van der Waals surface area contributed by atoms with Gasteiger partial charge in [0.2, 0.25) is 0 Å². The van der Waals surface area contributed by atoms with E-state index in [1.54, 1.807) is 6.92 Å². The molecule has 0 radical (unpaired) electrons. The fourth-order valence-corrected chi connectivity index (χ4v) is 2.32. The predicted molar refractivity (Wildman–Crippen MR) is 71.7 cm³/mol. The van der Waals surface area contributed by atoms with E-state index in [0.29, 0.717) is 0 Å². The Morgan fingerprint density at radius 2 is 2.15 bits per heavy atom. The number of rotatable bonds is 4. The highest BCUT2D eigenvalue weighted by molar-refractivity contribution is 7.13. The number of carboxylic acids is 1. The van der Waals surface area contributed by atoms with Crippen molar-refractivity contribution in [3.63, 3.8) is 0 Å². The van der Waals surface area contributed by atoms with Crippen molar-refractivity contribution in [2.24, 2.45) is 0 Å². The summed E-state index contributed by atoms with van der Waals surface area (Å²) in [7, 11) is 0. The molecule has 0 amide bonds. The van der Waals surface area contributed by atoms with Crippen LogP contribution >= 0.6 is 11.3 Å². The maximum atomic E-state index is 11.2. The van der Waals surface area contributed by atoms with Crippen molar-refractivity contribution in [3.05, 3.63) is 44.4 Å². The number of nitro groups is 1. The first-order chi connectivity index (χ1) is 9.40. The Balaban J connectivity index is 2.48. The summed E-state index contributed by atoms with van der Waals surface area (Å²) in [6.45, 7) is 3.65. The highest BCUT2D eigenvalue weighted by Gasteiger charge is 2.25. The number of aromatic carboxylic acids is 1. The first kappa shape index (κ1) is 13.9. The predicted octanol–water partition coefficient (Wildman–Crippen LogP) is 3.16. The normalized spacial score (nSPS) is 10.3. The maximum absolute atomic E-state index is 11.2. The van der Waals surface area contributed by atoms with Crippen LogP contribution < -0.4 is 4.74 Å². The number of hydrogen-bond donors (Lipinski definition) is 1. The van der Waals surface area contributed by atoms with Crippen LogP contribution in [0.5, 0.6) is 10.9 Å². The lowest BCUT2D eigenvalue weighted by Gasteiger charge is -2.05. The van der Waals surface area contributed by atoms with Crippen molar-refractivity contribution >= 4 is 23.0 Å². The molecule has 0 unspecified atom stereocenters. The molecular formula is C12H10N2O5S. The van der Waals surface area contributed by atoms with Crippen LogP contribution in [0.3, 0.4) is 0 Å². The zero-order valence-corrected chi connectivity index (χ0v) is 11.4. The van der Waals surface area contributed by atoms with Gasteiger partial charge in [0, 0.05) is 10.9 Å². The molecular weight excluding hydrogens is 284 g/mol. The molecule has 104 valence electrons. The highest BCUT2D eigenvalue weighted by atomic mass is 32.1. The first-order valence-electron chi connectivity index (χ1n) is 5.52. The lowest BCUT2D eigenvalue weighted by atomic mass is 10.1. The summed E-state index contributed by atoms with van der Waals surface area (Å²) in [5.74, 6) is -1.52. The molecule has 20 heavy (non-hydrogen) atoms. The van der Waals surface area contributed by atoms with E-state index in [2.05, 4.69) is 4.98 Å². The van der Waals surface area contributed by atoms with E-state index >= 15 is 0 Å². The van der Waals surface area contributed by atoms with E-state index in [9.17, 15) is 14.9 Å². The highest BCUT2D eigenvalue weighted by Crippen LogP contribution is 2.34. The van der Waals surface area contributed by atoms with Gasteiger partial charge >= 0.3 is 5.97 Å². The molecule has 2 rings (SSSR count). The Kier molecular flexibility index (Phi) is 3.66. The number of hydrogen-bond acceptors (Lipinski definition) is 6. The van der Waals surface area contributed by atoms with Crippen LogP contribution in [0.2, 0.25) is 0 Å². The molecule has 0 fully saturated rings. The monoisotopic (exact) mass is 294 g/mol. The molecule has 0 saturated heterocycles. The smallest absolute Gasteiger partial charge is 0.346 e. The molecule has 0 aliphatic carbocycles. The minimum Gasteiger partial charge on any atom is -0.477 e. The van der Waals surface area contributed by atoms with Crippen LogP contribution in [-0.4, -0.2) is 21.0 Å². The minimum atomic E-state index is -1.42. The van der Waals surface area contributed by atoms with Crippen LogP contribution in [-0.2, 0) is 0 Å². The van der Waals surface area contributed by atoms with E-state index in [-0.39, 0.29) is 10.9 Å². The summed E-state index contributed by atoms with van der Waals surface area (Å²) in [4.78, 5) is 26.4. The molecule has 1 aromatic heterocycles. The Labute approximate surface area is 117 Å². The zero-order valence-electron chi connectivity index (χ0n) is 10.6. The second kappa shape index (κ2) is 5.25. The maximum Gasteiger partial charge on any atom is 0.346 e. The molecule has 2 aromatic rings. The molecule has 0 aliphatic heterocycles. The number of aromatic nitrogens is 1. The standard InChI is InChI=1S/C12H10N2O5S/c1-6-7(2)20-12(13-6)19-9-5-3-4-8(14(17)18)10(9)11(15)16/h3-5H,1-2H3,(H,15,16). The Morgan fingerprint density at radius 3 is 2.65 bits per heavy atom. The van der Waals surface area contributed by atoms with E-state index in [0.717, 1.165) is 16.6 Å². The largest absolute Gasteiger partial charge is 0.477 e. The summed E-state index contributed by atoms with van der Waals surface area (Å²) < 4.78 is 5.39. The second-order valence-corrected chi connectivity index (χ2v) is 5.10. The fraction of sp³-hybridized carbons (Fsp3) is 0.167. The number of aryl methyl sites for hydroxylation is 2. The molecule has 7 nitrogen and oxygen atoms in total. The number of carboxylic acid groups (broad SMARTS) is 1. The number of nitrogens with zero attached hydrogens (tertiary/aromatic N) is 2. The Morgan fingerprint density at radius 1 is 1.45 bits per heavy atom. The number of nitro benzene ring substituents is 1. The van der Waals surface area contributed by atoms with Gasteiger partial charge in [-0.2, -0.15) is 0 Å². The molecule has 1 aromatic carbocycles. The summed E-state index contributed by atoms with van der Waals surface area (Å²) in [5, 5.41) is 20.2. The van der Waals surface area contributed by atoms with E-state index in [1.165, 1.54) is 23.5 Å². The van der Waals surface area contributed by atoms with E-state index in [4.69, 9.17) is 9.84 Å². The van der Waals surface area contributed by atoms with Gasteiger partial charge in [-0.05, 0) is 19.9 Å². The van der Waals surface area contributed by atoms with Crippen LogP contribution in [0.1, 0.15) is 20.9 Å². The molecule has 0 bridgehead atoms. The lowest BCUT2D eigenvalue weighted by Crippen LogP contribution is -2.05. The van der Waals surface area contributed by atoms with Gasteiger partial charge in [-0.25, -0.2) is 9.78 Å². The number of ether oxygens (including phenoxy) is 1. The van der Waals surface area contributed by atoms with Gasteiger partial charge in [0.05, 0.1) is 10.6 Å². The lowest BCUT2D eigenvalue weighted by molar-refractivity contribution is -0.385. The van der Waals surface area contributed by atoms with Crippen molar-refractivity contribution in [2.45, 2.75) is 13.8 Å². The molecule has 0 aliphatic rings. The topological polar surface area (TPSA) is 103 Å². The molecule has 0 atom stereocenters. The van der Waals surface area contributed by atoms with Crippen molar-refractivity contribution in [3.8, 4) is 10.9 Å². The third-order valence-electron chi connectivity index (χ3n) is 2.62. The van der Waals surface area contributed by atoms with Gasteiger partial charge in [0.25, 0.3) is 10.9 Å². The third kappa shape index (κ3) is 2.59. The zero-order chi connectivity index (χ0) is 14.9. The van der Waals surface area contributed by atoms with Crippen LogP contribution in [0, 0.1) is 24.0 Å². The van der Waals surface area contributed by atoms with Gasteiger partial charge in [0.1, 0.15) is 0 Å². The Bertz CT molecular complexity index is 676. The fourth-order valence-electron chi connectivity index (χ4n) is 1.55. The summed E-state index contributed by atoms with van der Waals surface area (Å²) in [6.07, 6.45) is 0.